The van der Waals surface area contributed by atoms with E-state index in [1.807, 2.05) is 18.2 Å². The Morgan fingerprint density at radius 2 is 2.18 bits per heavy atom. The predicted octanol–water partition coefficient (Wildman–Crippen LogP) is 1.52. The molecule has 0 aromatic carbocycles. The molecule has 5 heteroatoms. The number of pyridine rings is 1. The van der Waals surface area contributed by atoms with E-state index in [0.29, 0.717) is 18.8 Å². The average molecular weight is 231 g/mol. The number of carbonyl (C=O) groups excluding carboxylic acids is 1. The van der Waals surface area contributed by atoms with Crippen molar-refractivity contribution in [2.75, 3.05) is 18.4 Å². The summed E-state index contributed by atoms with van der Waals surface area (Å²) in [5, 5.41) is 5.82. The summed E-state index contributed by atoms with van der Waals surface area (Å²) in [6.07, 6.45) is 3.19. The zero-order chi connectivity index (χ0) is 11.9. The van der Waals surface area contributed by atoms with Crippen LogP contribution < -0.4 is 10.6 Å². The Kier molecular flexibility index (Phi) is 3.75. The minimum atomic E-state index is -0.210. The highest BCUT2D eigenvalue weighted by atomic mass is 16.3. The molecule has 0 bridgehead atoms. The van der Waals surface area contributed by atoms with E-state index in [4.69, 9.17) is 4.42 Å². The third kappa shape index (κ3) is 3.34. The van der Waals surface area contributed by atoms with Crippen LogP contribution in [0.1, 0.15) is 10.6 Å². The summed E-state index contributed by atoms with van der Waals surface area (Å²) >= 11 is 0. The number of furan rings is 1. The molecule has 0 spiro atoms. The molecular formula is C12H13N3O2. The molecule has 88 valence electrons. The van der Waals surface area contributed by atoms with Crippen molar-refractivity contribution in [1.29, 1.82) is 0 Å². The molecule has 2 aromatic rings. The van der Waals surface area contributed by atoms with Gasteiger partial charge in [-0.15, -0.1) is 0 Å². The van der Waals surface area contributed by atoms with E-state index in [-0.39, 0.29) is 5.91 Å². The van der Waals surface area contributed by atoms with E-state index in [1.54, 1.807) is 18.3 Å². The van der Waals surface area contributed by atoms with Gasteiger partial charge < -0.3 is 15.1 Å². The summed E-state index contributed by atoms with van der Waals surface area (Å²) in [4.78, 5) is 15.6. The fraction of sp³-hybridized carbons (Fsp3) is 0.167. The van der Waals surface area contributed by atoms with Crippen molar-refractivity contribution < 1.29 is 9.21 Å². The van der Waals surface area contributed by atoms with Crippen LogP contribution in [0.4, 0.5) is 5.82 Å². The summed E-state index contributed by atoms with van der Waals surface area (Å²) in [5.74, 6) is 0.903. The first kappa shape index (κ1) is 11.2. The second kappa shape index (κ2) is 5.69. The molecule has 0 radical (unpaired) electrons. The van der Waals surface area contributed by atoms with Crippen LogP contribution in [0.25, 0.3) is 0 Å². The molecule has 0 saturated carbocycles. The minimum absolute atomic E-state index is 0.210. The lowest BCUT2D eigenvalue weighted by Crippen LogP contribution is -2.28. The van der Waals surface area contributed by atoms with E-state index in [0.717, 1.165) is 5.82 Å². The number of anilines is 1. The molecule has 0 aliphatic rings. The van der Waals surface area contributed by atoms with E-state index < -0.39 is 0 Å². The summed E-state index contributed by atoms with van der Waals surface area (Å²) in [7, 11) is 0. The first-order chi connectivity index (χ1) is 8.36. The van der Waals surface area contributed by atoms with E-state index in [1.165, 1.54) is 6.26 Å². The van der Waals surface area contributed by atoms with Gasteiger partial charge in [0, 0.05) is 19.3 Å². The van der Waals surface area contributed by atoms with Gasteiger partial charge in [-0.2, -0.15) is 0 Å². The van der Waals surface area contributed by atoms with Gasteiger partial charge in [0.25, 0.3) is 5.91 Å². The molecular weight excluding hydrogens is 218 g/mol. The highest BCUT2D eigenvalue weighted by Crippen LogP contribution is 1.99. The quantitative estimate of drug-likeness (QED) is 0.765. The van der Waals surface area contributed by atoms with Gasteiger partial charge in [0.05, 0.1) is 6.26 Å². The predicted molar refractivity (Wildman–Crippen MR) is 63.8 cm³/mol. The zero-order valence-electron chi connectivity index (χ0n) is 9.22. The smallest absolute Gasteiger partial charge is 0.287 e. The largest absolute Gasteiger partial charge is 0.459 e. The van der Waals surface area contributed by atoms with Gasteiger partial charge in [-0.25, -0.2) is 4.98 Å². The maximum absolute atomic E-state index is 11.5. The second-order valence-corrected chi connectivity index (χ2v) is 3.37. The van der Waals surface area contributed by atoms with Crippen LogP contribution in [-0.2, 0) is 0 Å². The molecule has 2 N–H and O–H groups in total. The Hall–Kier alpha value is -2.30. The SMILES string of the molecule is O=C(NCCNc1ccccn1)c1ccco1. The molecule has 0 aliphatic heterocycles. The van der Waals surface area contributed by atoms with Crippen LogP contribution in [0.3, 0.4) is 0 Å². The molecule has 17 heavy (non-hydrogen) atoms. The van der Waals surface area contributed by atoms with E-state index in [9.17, 15) is 4.79 Å². The number of aromatic nitrogens is 1. The molecule has 2 rings (SSSR count). The number of nitrogens with one attached hydrogen (secondary N) is 2. The lowest BCUT2D eigenvalue weighted by Gasteiger charge is -2.05. The molecule has 2 heterocycles. The van der Waals surface area contributed by atoms with Gasteiger partial charge in [0.1, 0.15) is 5.82 Å². The summed E-state index contributed by atoms with van der Waals surface area (Å²) in [6, 6.07) is 8.93. The van der Waals surface area contributed by atoms with Crippen LogP contribution in [0.2, 0.25) is 0 Å². The molecule has 2 aromatic heterocycles. The highest BCUT2D eigenvalue weighted by Gasteiger charge is 2.06. The Morgan fingerprint density at radius 3 is 2.88 bits per heavy atom. The van der Waals surface area contributed by atoms with Crippen molar-refractivity contribution in [3.05, 3.63) is 48.6 Å². The minimum Gasteiger partial charge on any atom is -0.459 e. The van der Waals surface area contributed by atoms with Crippen LogP contribution in [0.5, 0.6) is 0 Å². The fourth-order valence-electron chi connectivity index (χ4n) is 1.33. The third-order valence-electron chi connectivity index (χ3n) is 2.13. The van der Waals surface area contributed by atoms with Crippen molar-refractivity contribution in [2.24, 2.45) is 0 Å². The Balaban J connectivity index is 1.69. The van der Waals surface area contributed by atoms with Crippen molar-refractivity contribution in [2.45, 2.75) is 0 Å². The molecule has 0 aliphatic carbocycles. The maximum Gasteiger partial charge on any atom is 0.287 e. The first-order valence-electron chi connectivity index (χ1n) is 5.33. The van der Waals surface area contributed by atoms with Gasteiger partial charge in [-0.1, -0.05) is 6.07 Å². The monoisotopic (exact) mass is 231 g/mol. The number of carbonyl (C=O) groups is 1. The first-order valence-corrected chi connectivity index (χ1v) is 5.33. The van der Waals surface area contributed by atoms with Gasteiger partial charge >= 0.3 is 0 Å². The van der Waals surface area contributed by atoms with Crippen molar-refractivity contribution in [1.82, 2.24) is 10.3 Å². The number of amides is 1. The maximum atomic E-state index is 11.5. The number of nitrogens with zero attached hydrogens (tertiary/aromatic N) is 1. The van der Waals surface area contributed by atoms with Crippen molar-refractivity contribution >= 4 is 11.7 Å². The molecule has 0 unspecified atom stereocenters. The molecule has 0 atom stereocenters. The topological polar surface area (TPSA) is 67.2 Å². The standard InChI is InChI=1S/C12H13N3O2/c16-12(10-4-3-9-17-10)15-8-7-14-11-5-1-2-6-13-11/h1-6,9H,7-8H2,(H,13,14)(H,15,16). The average Bonchev–Trinajstić information content (AvgIpc) is 2.89. The lowest BCUT2D eigenvalue weighted by molar-refractivity contribution is 0.0927. The summed E-state index contributed by atoms with van der Waals surface area (Å²) < 4.78 is 4.97. The molecule has 0 fully saturated rings. The van der Waals surface area contributed by atoms with Crippen LogP contribution in [0.15, 0.2) is 47.2 Å². The summed E-state index contributed by atoms with van der Waals surface area (Å²) in [5.41, 5.74) is 0. The van der Waals surface area contributed by atoms with E-state index >= 15 is 0 Å². The van der Waals surface area contributed by atoms with Crippen molar-refractivity contribution in [3.8, 4) is 0 Å². The molecule has 1 amide bonds. The fourth-order valence-corrected chi connectivity index (χ4v) is 1.33. The van der Waals surface area contributed by atoms with Crippen LogP contribution in [-0.4, -0.2) is 24.0 Å². The van der Waals surface area contributed by atoms with Gasteiger partial charge in [-0.3, -0.25) is 4.79 Å². The molecule has 5 nitrogen and oxygen atoms in total. The third-order valence-corrected chi connectivity index (χ3v) is 2.13. The van der Waals surface area contributed by atoms with E-state index in [2.05, 4.69) is 15.6 Å². The van der Waals surface area contributed by atoms with Crippen LogP contribution in [0, 0.1) is 0 Å². The van der Waals surface area contributed by atoms with Crippen molar-refractivity contribution in [3.63, 3.8) is 0 Å². The Labute approximate surface area is 98.9 Å². The van der Waals surface area contributed by atoms with Gasteiger partial charge in [0.2, 0.25) is 0 Å². The number of hydrogen-bond donors (Lipinski definition) is 2. The Bertz CT molecular complexity index is 454. The normalized spacial score (nSPS) is 9.88. The number of rotatable bonds is 5. The summed E-state index contributed by atoms with van der Waals surface area (Å²) in [6.45, 7) is 1.12. The highest BCUT2D eigenvalue weighted by molar-refractivity contribution is 5.91. The zero-order valence-corrected chi connectivity index (χ0v) is 9.22. The van der Waals surface area contributed by atoms with Gasteiger partial charge in [-0.05, 0) is 24.3 Å². The van der Waals surface area contributed by atoms with Gasteiger partial charge in [0.15, 0.2) is 5.76 Å². The number of hydrogen-bond acceptors (Lipinski definition) is 4. The lowest BCUT2D eigenvalue weighted by atomic mass is 10.4. The Morgan fingerprint density at radius 1 is 1.24 bits per heavy atom. The second-order valence-electron chi connectivity index (χ2n) is 3.37. The molecule has 0 saturated heterocycles. The van der Waals surface area contributed by atoms with Crippen LogP contribution >= 0.6 is 0 Å².